The van der Waals surface area contributed by atoms with E-state index in [4.69, 9.17) is 40.6 Å². The first-order chi connectivity index (χ1) is 23.1. The number of hydrogen-bond donors (Lipinski definition) is 1. The summed E-state index contributed by atoms with van der Waals surface area (Å²) in [6, 6.07) is 8.36. The lowest BCUT2D eigenvalue weighted by atomic mass is 9.90. The standard InChI is InChI=1S/C32H43ClN10O4/c1-3-44-15-4-16-46-31-29(21-43(38-31)26-8-6-25(7-9-26)41-13-17-45-18-14-41)37-32-34-12-11-28(36-32)24-5-10-27(33)30(19-24)47-23(2)20-42-22-35-39-40-42/h5,10-12,19,21-23,25-26H,3-4,6-9,13-18,20H2,1-2H3,(H,34,36,37)/t23-,25?,26?/m0/s1. The zero-order valence-corrected chi connectivity index (χ0v) is 27.8. The maximum atomic E-state index is 6.49. The van der Waals surface area contributed by atoms with Crippen molar-refractivity contribution in [3.63, 3.8) is 0 Å². The Balaban J connectivity index is 1.15. The lowest BCUT2D eigenvalue weighted by molar-refractivity contribution is 0.00502. The van der Waals surface area contributed by atoms with Crippen LogP contribution in [0.1, 0.15) is 52.0 Å². The van der Waals surface area contributed by atoms with Crippen molar-refractivity contribution in [2.45, 2.75) is 70.7 Å². The molecule has 1 N–H and O–H groups in total. The van der Waals surface area contributed by atoms with Crippen molar-refractivity contribution in [1.29, 1.82) is 0 Å². The minimum atomic E-state index is -0.216. The van der Waals surface area contributed by atoms with Crippen LogP contribution in [0.3, 0.4) is 0 Å². The Morgan fingerprint density at radius 2 is 1.91 bits per heavy atom. The average Bonchev–Trinajstić information content (AvgIpc) is 3.76. The van der Waals surface area contributed by atoms with Gasteiger partial charge in [-0.1, -0.05) is 17.7 Å². The molecule has 1 aliphatic heterocycles. The highest BCUT2D eigenvalue weighted by atomic mass is 35.5. The van der Waals surface area contributed by atoms with Gasteiger partial charge in [0.25, 0.3) is 5.88 Å². The summed E-state index contributed by atoms with van der Waals surface area (Å²) in [4.78, 5) is 11.9. The predicted octanol–water partition coefficient (Wildman–Crippen LogP) is 4.81. The summed E-state index contributed by atoms with van der Waals surface area (Å²) in [6.45, 7) is 9.93. The van der Waals surface area contributed by atoms with Crippen LogP contribution in [0.25, 0.3) is 11.3 Å². The molecule has 4 heterocycles. The third-order valence-corrected chi connectivity index (χ3v) is 8.78. The predicted molar refractivity (Wildman–Crippen MR) is 176 cm³/mol. The molecule has 1 saturated heterocycles. The molecule has 1 aliphatic carbocycles. The topological polar surface area (TPSA) is 139 Å². The van der Waals surface area contributed by atoms with Gasteiger partial charge in [0, 0.05) is 50.5 Å². The fourth-order valence-corrected chi connectivity index (χ4v) is 6.26. The Bertz CT molecular complexity index is 1540. The Labute approximate surface area is 279 Å². The van der Waals surface area contributed by atoms with Crippen LogP contribution >= 0.6 is 11.6 Å². The number of morpholine rings is 1. The minimum Gasteiger partial charge on any atom is -0.487 e. The first-order valence-corrected chi connectivity index (χ1v) is 16.8. The van der Waals surface area contributed by atoms with E-state index >= 15 is 0 Å². The van der Waals surface area contributed by atoms with Gasteiger partial charge in [0.2, 0.25) is 5.95 Å². The summed E-state index contributed by atoms with van der Waals surface area (Å²) in [7, 11) is 0. The van der Waals surface area contributed by atoms with E-state index in [1.807, 2.05) is 38.2 Å². The van der Waals surface area contributed by atoms with Crippen LogP contribution in [0.2, 0.25) is 5.02 Å². The fourth-order valence-electron chi connectivity index (χ4n) is 6.09. The molecular formula is C32H43ClN10O4. The van der Waals surface area contributed by atoms with Crippen molar-refractivity contribution in [2.24, 2.45) is 0 Å². The molecular weight excluding hydrogens is 624 g/mol. The van der Waals surface area contributed by atoms with E-state index in [0.29, 0.717) is 66.7 Å². The van der Waals surface area contributed by atoms with E-state index in [0.717, 1.165) is 69.7 Å². The van der Waals surface area contributed by atoms with Crippen LogP contribution < -0.4 is 14.8 Å². The number of ether oxygens (including phenoxy) is 4. The van der Waals surface area contributed by atoms with Gasteiger partial charge in [0.05, 0.1) is 49.3 Å². The summed E-state index contributed by atoms with van der Waals surface area (Å²) < 4.78 is 27.0. The van der Waals surface area contributed by atoms with Gasteiger partial charge in [-0.3, -0.25) is 9.58 Å². The lowest BCUT2D eigenvalue weighted by Crippen LogP contribution is -2.45. The number of anilines is 2. The summed E-state index contributed by atoms with van der Waals surface area (Å²) in [5, 5.41) is 20.0. The van der Waals surface area contributed by atoms with Gasteiger partial charge >= 0.3 is 0 Å². The molecule has 6 rings (SSSR count). The van der Waals surface area contributed by atoms with Crippen molar-refractivity contribution >= 4 is 23.2 Å². The van der Waals surface area contributed by atoms with Gasteiger partial charge in [0.1, 0.15) is 23.9 Å². The minimum absolute atomic E-state index is 0.216. The molecule has 3 aromatic heterocycles. The van der Waals surface area contributed by atoms with Crippen LogP contribution in [0.4, 0.5) is 11.6 Å². The van der Waals surface area contributed by atoms with E-state index in [9.17, 15) is 0 Å². The zero-order chi connectivity index (χ0) is 32.4. The Hall–Kier alpha value is -3.85. The molecule has 14 nitrogen and oxygen atoms in total. The zero-order valence-electron chi connectivity index (χ0n) is 27.0. The lowest BCUT2D eigenvalue weighted by Gasteiger charge is -2.38. The van der Waals surface area contributed by atoms with Crippen LogP contribution in [-0.2, 0) is 16.0 Å². The Kier molecular flexibility index (Phi) is 11.5. The third-order valence-electron chi connectivity index (χ3n) is 8.47. The van der Waals surface area contributed by atoms with Crippen molar-refractivity contribution in [3.05, 3.63) is 48.0 Å². The third kappa shape index (κ3) is 8.95. The van der Waals surface area contributed by atoms with E-state index in [-0.39, 0.29) is 6.10 Å². The summed E-state index contributed by atoms with van der Waals surface area (Å²) in [5.74, 6) is 1.51. The van der Waals surface area contributed by atoms with Crippen molar-refractivity contribution in [3.8, 4) is 22.9 Å². The van der Waals surface area contributed by atoms with Gasteiger partial charge in [-0.25, -0.2) is 14.6 Å². The van der Waals surface area contributed by atoms with E-state index in [1.165, 1.54) is 0 Å². The van der Waals surface area contributed by atoms with Crippen LogP contribution in [0.15, 0.2) is 43.0 Å². The number of tetrazole rings is 1. The summed E-state index contributed by atoms with van der Waals surface area (Å²) in [5.41, 5.74) is 2.28. The summed E-state index contributed by atoms with van der Waals surface area (Å²) >= 11 is 6.49. The second kappa shape index (κ2) is 16.3. The summed E-state index contributed by atoms with van der Waals surface area (Å²) in [6.07, 6.45) is 10.3. The smallest absolute Gasteiger partial charge is 0.256 e. The van der Waals surface area contributed by atoms with Gasteiger partial charge < -0.3 is 24.3 Å². The second-order valence-electron chi connectivity index (χ2n) is 11.8. The molecule has 4 aromatic rings. The number of hydrogen-bond acceptors (Lipinski definition) is 12. The quantitative estimate of drug-likeness (QED) is 0.174. The average molecular weight is 667 g/mol. The number of nitrogens with zero attached hydrogens (tertiary/aromatic N) is 9. The highest BCUT2D eigenvalue weighted by molar-refractivity contribution is 6.32. The van der Waals surface area contributed by atoms with Gasteiger partial charge in [-0.2, -0.15) is 0 Å². The molecule has 0 amide bonds. The molecule has 1 saturated carbocycles. The number of nitrogens with one attached hydrogen (secondary N) is 1. The molecule has 1 aromatic carbocycles. The van der Waals surface area contributed by atoms with E-state index in [1.54, 1.807) is 23.3 Å². The molecule has 0 spiro atoms. The monoisotopic (exact) mass is 666 g/mol. The first kappa shape index (κ1) is 33.1. The second-order valence-corrected chi connectivity index (χ2v) is 12.2. The number of rotatable bonds is 15. The normalized spacial score (nSPS) is 19.4. The molecule has 0 unspecified atom stereocenters. The van der Waals surface area contributed by atoms with Crippen molar-refractivity contribution in [1.82, 2.24) is 44.9 Å². The van der Waals surface area contributed by atoms with Gasteiger partial charge in [0.15, 0.2) is 0 Å². The maximum Gasteiger partial charge on any atom is 0.256 e. The van der Waals surface area contributed by atoms with Crippen LogP contribution in [-0.4, -0.2) is 103 Å². The SMILES string of the molecule is CCOCCCOc1nn(C2CCC(N3CCOCC3)CC2)cc1Nc1nccc(-c2ccc(Cl)c(O[C@@H](C)Cn3cnnn3)c2)n1. The first-order valence-electron chi connectivity index (χ1n) is 16.4. The Morgan fingerprint density at radius 3 is 2.70 bits per heavy atom. The maximum absolute atomic E-state index is 6.49. The molecule has 2 aliphatic rings. The molecule has 1 atom stereocenters. The van der Waals surface area contributed by atoms with Gasteiger partial charge in [-0.05, 0) is 68.2 Å². The number of benzene rings is 1. The largest absolute Gasteiger partial charge is 0.487 e. The molecule has 0 bridgehead atoms. The van der Waals surface area contributed by atoms with Crippen molar-refractivity contribution in [2.75, 3.05) is 51.4 Å². The Morgan fingerprint density at radius 1 is 1.09 bits per heavy atom. The molecule has 2 fully saturated rings. The van der Waals surface area contributed by atoms with Gasteiger partial charge in [-0.15, -0.1) is 10.2 Å². The fraction of sp³-hybridized carbons (Fsp3) is 0.562. The molecule has 0 radical (unpaired) electrons. The number of aromatic nitrogens is 8. The molecule has 252 valence electrons. The highest BCUT2D eigenvalue weighted by Gasteiger charge is 2.29. The van der Waals surface area contributed by atoms with E-state index < -0.39 is 0 Å². The van der Waals surface area contributed by atoms with Crippen LogP contribution in [0, 0.1) is 0 Å². The number of halogens is 1. The van der Waals surface area contributed by atoms with Crippen LogP contribution in [0.5, 0.6) is 11.6 Å². The molecule has 15 heteroatoms. The molecule has 47 heavy (non-hydrogen) atoms. The highest BCUT2D eigenvalue weighted by Crippen LogP contribution is 2.35. The van der Waals surface area contributed by atoms with Crippen molar-refractivity contribution < 1.29 is 18.9 Å². The van der Waals surface area contributed by atoms with E-state index in [2.05, 4.69) is 35.4 Å².